The van der Waals surface area contributed by atoms with Crippen LogP contribution in [-0.2, 0) is 38.3 Å². The number of likely N-dealkylation sites (tertiary alicyclic amines) is 1. The van der Waals surface area contributed by atoms with E-state index in [1.54, 1.807) is 27.7 Å². The molecule has 0 aromatic rings. The highest BCUT2D eigenvalue weighted by atomic mass is 16.6. The molecule has 2 fully saturated rings. The van der Waals surface area contributed by atoms with E-state index in [-0.39, 0.29) is 18.9 Å². The van der Waals surface area contributed by atoms with Gasteiger partial charge in [0, 0.05) is 13.5 Å². The summed E-state index contributed by atoms with van der Waals surface area (Å²) in [7, 11) is 0. The minimum Gasteiger partial charge on any atom is -0.481 e. The first-order valence-electron chi connectivity index (χ1n) is 13.7. The van der Waals surface area contributed by atoms with Crippen LogP contribution in [0.25, 0.3) is 0 Å². The summed E-state index contributed by atoms with van der Waals surface area (Å²) in [6.45, 7) is 8.10. The van der Waals surface area contributed by atoms with E-state index in [9.17, 15) is 43.8 Å². The number of carbonyl (C=O) groups is 7. The fourth-order valence-electron chi connectivity index (χ4n) is 4.76. The maximum Gasteiger partial charge on any atom is 0.310 e. The first kappa shape index (κ1) is 33.5. The van der Waals surface area contributed by atoms with Gasteiger partial charge in [-0.05, 0) is 31.1 Å². The molecule has 5 amide bonds. The van der Waals surface area contributed by atoms with E-state index in [1.165, 1.54) is 11.8 Å². The van der Waals surface area contributed by atoms with Gasteiger partial charge in [0.1, 0.15) is 30.2 Å². The van der Waals surface area contributed by atoms with E-state index < -0.39 is 90.3 Å². The predicted molar refractivity (Wildman–Crippen MR) is 141 cm³/mol. The molecule has 6 atom stereocenters. The van der Waals surface area contributed by atoms with Crippen molar-refractivity contribution < 1.29 is 48.5 Å². The normalized spacial score (nSPS) is 22.8. The Kier molecular flexibility index (Phi) is 12.0. The number of aliphatic carboxylic acids is 1. The van der Waals surface area contributed by atoms with Gasteiger partial charge in [0.15, 0.2) is 0 Å². The molecular formula is C26H41N5O10. The Hall–Kier alpha value is -3.75. The molecule has 2 aliphatic heterocycles. The van der Waals surface area contributed by atoms with Crippen molar-refractivity contribution in [3.63, 3.8) is 0 Å². The molecule has 0 spiro atoms. The Labute approximate surface area is 238 Å². The lowest BCUT2D eigenvalue weighted by molar-refractivity contribution is -0.156. The molecule has 0 radical (unpaired) electrons. The minimum atomic E-state index is -1.55. The van der Waals surface area contributed by atoms with Crippen LogP contribution >= 0.6 is 0 Å². The van der Waals surface area contributed by atoms with Gasteiger partial charge in [-0.1, -0.05) is 27.7 Å². The van der Waals surface area contributed by atoms with Gasteiger partial charge >= 0.3 is 11.9 Å². The second-order valence-electron chi connectivity index (χ2n) is 11.1. The van der Waals surface area contributed by atoms with Gasteiger partial charge in [-0.15, -0.1) is 0 Å². The number of esters is 1. The second-order valence-corrected chi connectivity index (χ2v) is 11.1. The maximum atomic E-state index is 13.7. The summed E-state index contributed by atoms with van der Waals surface area (Å²) in [5.41, 5.74) is 0. The van der Waals surface area contributed by atoms with Crippen molar-refractivity contribution >= 4 is 41.5 Å². The molecule has 6 N–H and O–H groups in total. The Morgan fingerprint density at radius 1 is 0.951 bits per heavy atom. The summed E-state index contributed by atoms with van der Waals surface area (Å²) < 4.78 is 4.66. The standard InChI is InChI=1S/C26H41N5O10/c1-12(2)20(27-14(5)32)24(38)28-15(10-18(33)34)22(36)30-21(13(3)4)25(39)31-9-7-6-8-17(31)23(37)29-16-11-19(35)41-26(16)40/h12-13,15-17,20-21,26,40H,6-11H2,1-5H3,(H,27,32)(H,28,38)(H,29,37)(H,30,36)(H,33,34)/t15-,16-,17-,20-,21-,26?/m0/s1. The maximum absolute atomic E-state index is 13.7. The Balaban J connectivity index is 2.20. The molecule has 0 aromatic carbocycles. The molecule has 2 saturated heterocycles. The number of carbonyl (C=O) groups excluding carboxylic acids is 6. The monoisotopic (exact) mass is 583 g/mol. The zero-order chi connectivity index (χ0) is 31.0. The predicted octanol–water partition coefficient (Wildman–Crippen LogP) is -1.62. The van der Waals surface area contributed by atoms with Crippen molar-refractivity contribution in [3.05, 3.63) is 0 Å². The highest BCUT2D eigenvalue weighted by molar-refractivity contribution is 5.97. The van der Waals surface area contributed by atoms with Gasteiger partial charge in [-0.25, -0.2) is 0 Å². The molecule has 0 aromatic heterocycles. The summed E-state index contributed by atoms with van der Waals surface area (Å²) in [6.07, 6.45) is -0.939. The van der Waals surface area contributed by atoms with Crippen LogP contribution in [-0.4, -0.2) is 99.6 Å². The lowest BCUT2D eigenvalue weighted by Crippen LogP contribution is -2.62. The summed E-state index contributed by atoms with van der Waals surface area (Å²) in [6, 6.07) is -5.63. The smallest absolute Gasteiger partial charge is 0.310 e. The average molecular weight is 584 g/mol. The zero-order valence-corrected chi connectivity index (χ0v) is 24.0. The molecular weight excluding hydrogens is 542 g/mol. The number of aliphatic hydroxyl groups excluding tert-OH is 1. The van der Waals surface area contributed by atoms with E-state index >= 15 is 0 Å². The van der Waals surface area contributed by atoms with Gasteiger partial charge in [0.05, 0.1) is 12.8 Å². The van der Waals surface area contributed by atoms with Gasteiger partial charge in [0.2, 0.25) is 35.8 Å². The highest BCUT2D eigenvalue weighted by Crippen LogP contribution is 2.22. The number of aliphatic hydroxyl groups is 1. The molecule has 15 nitrogen and oxygen atoms in total. The van der Waals surface area contributed by atoms with Crippen LogP contribution in [0, 0.1) is 11.8 Å². The molecule has 2 aliphatic rings. The van der Waals surface area contributed by atoms with Gasteiger partial charge in [0.25, 0.3) is 0 Å². The van der Waals surface area contributed by atoms with Crippen molar-refractivity contribution in [1.29, 1.82) is 0 Å². The summed E-state index contributed by atoms with van der Waals surface area (Å²) in [5.74, 6) is -6.20. The minimum absolute atomic E-state index is 0.209. The van der Waals surface area contributed by atoms with Gasteiger partial charge in [-0.2, -0.15) is 0 Å². The number of carboxylic acid groups (broad SMARTS) is 1. The number of hydrogen-bond acceptors (Lipinski definition) is 9. The fraction of sp³-hybridized carbons (Fsp3) is 0.731. The fourth-order valence-corrected chi connectivity index (χ4v) is 4.76. The number of nitrogens with one attached hydrogen (secondary N) is 4. The van der Waals surface area contributed by atoms with E-state index in [0.29, 0.717) is 19.3 Å². The molecule has 0 bridgehead atoms. The van der Waals surface area contributed by atoms with Crippen molar-refractivity contribution in [2.24, 2.45) is 11.8 Å². The summed E-state index contributed by atoms with van der Waals surface area (Å²) >= 11 is 0. The van der Waals surface area contributed by atoms with E-state index in [4.69, 9.17) is 0 Å². The third-order valence-electron chi connectivity index (χ3n) is 6.95. The van der Waals surface area contributed by atoms with Gasteiger partial charge in [-0.3, -0.25) is 33.6 Å². The summed E-state index contributed by atoms with van der Waals surface area (Å²) in [5, 5.41) is 29.2. The number of piperidine rings is 1. The third kappa shape index (κ3) is 9.40. The molecule has 2 rings (SSSR count). The van der Waals surface area contributed by atoms with E-state index in [0.717, 1.165) is 0 Å². The average Bonchev–Trinajstić information content (AvgIpc) is 3.19. The third-order valence-corrected chi connectivity index (χ3v) is 6.95. The van der Waals surface area contributed by atoms with Crippen LogP contribution < -0.4 is 21.3 Å². The van der Waals surface area contributed by atoms with Crippen LogP contribution in [0.4, 0.5) is 0 Å². The molecule has 0 aliphatic carbocycles. The molecule has 2 heterocycles. The van der Waals surface area contributed by atoms with Crippen LogP contribution in [0.15, 0.2) is 0 Å². The lowest BCUT2D eigenvalue weighted by Gasteiger charge is -2.38. The van der Waals surface area contributed by atoms with Gasteiger partial charge < -0.3 is 41.1 Å². The number of cyclic esters (lactones) is 1. The number of ether oxygens (including phenoxy) is 1. The molecule has 41 heavy (non-hydrogen) atoms. The number of carboxylic acids is 1. The Morgan fingerprint density at radius 2 is 1.59 bits per heavy atom. The van der Waals surface area contributed by atoms with Crippen LogP contribution in [0.2, 0.25) is 0 Å². The molecule has 230 valence electrons. The SMILES string of the molecule is CC(=O)N[C@H](C(=O)N[C@@H](CC(=O)O)C(=O)N[C@H](C(=O)N1CCCC[C@H]1C(=O)N[C@H]1CC(=O)OC1O)C(C)C)C(C)C. The number of amides is 5. The molecule has 1 unspecified atom stereocenters. The van der Waals surface area contributed by atoms with E-state index in [1.807, 2.05) is 0 Å². The highest BCUT2D eigenvalue weighted by Gasteiger charge is 2.41. The van der Waals surface area contributed by atoms with E-state index in [2.05, 4.69) is 26.0 Å². The van der Waals surface area contributed by atoms with Crippen molar-refractivity contribution in [3.8, 4) is 0 Å². The van der Waals surface area contributed by atoms with Crippen molar-refractivity contribution in [2.75, 3.05) is 6.54 Å². The Bertz CT molecular complexity index is 1030. The molecule has 15 heteroatoms. The largest absolute Gasteiger partial charge is 0.481 e. The zero-order valence-electron chi connectivity index (χ0n) is 24.0. The first-order chi connectivity index (χ1) is 19.1. The number of hydrogen-bond donors (Lipinski definition) is 6. The quantitative estimate of drug-likeness (QED) is 0.144. The Morgan fingerprint density at radius 3 is 2.10 bits per heavy atom. The number of rotatable bonds is 12. The molecule has 0 saturated carbocycles. The topological polar surface area (TPSA) is 221 Å². The van der Waals surface area contributed by atoms with Crippen LogP contribution in [0.3, 0.4) is 0 Å². The van der Waals surface area contributed by atoms with Crippen molar-refractivity contribution in [2.45, 2.75) is 103 Å². The van der Waals surface area contributed by atoms with Crippen LogP contribution in [0.5, 0.6) is 0 Å². The first-order valence-corrected chi connectivity index (χ1v) is 13.7. The van der Waals surface area contributed by atoms with Crippen LogP contribution in [0.1, 0.15) is 66.7 Å². The summed E-state index contributed by atoms with van der Waals surface area (Å²) in [4.78, 5) is 88.7. The number of nitrogens with zero attached hydrogens (tertiary/aromatic N) is 1. The second kappa shape index (κ2) is 14.8. The van der Waals surface area contributed by atoms with Crippen molar-refractivity contribution in [1.82, 2.24) is 26.2 Å². The lowest BCUT2D eigenvalue weighted by atomic mass is 9.96.